The molecule has 1 N–H and O–H groups in total. The van der Waals surface area contributed by atoms with Crippen LogP contribution in [0.25, 0.3) is 0 Å². The molecule has 24 heavy (non-hydrogen) atoms. The van der Waals surface area contributed by atoms with Crippen LogP contribution in [0.3, 0.4) is 0 Å². The summed E-state index contributed by atoms with van der Waals surface area (Å²) in [6, 6.07) is 0.345. The number of rotatable bonds is 4. The minimum Gasteiger partial charge on any atom is -0.366 e. The molecule has 1 atom stereocenters. The van der Waals surface area contributed by atoms with Crippen molar-refractivity contribution < 1.29 is 14.3 Å². The number of nitrogens with zero attached hydrogens (tertiary/aromatic N) is 2. The summed E-state index contributed by atoms with van der Waals surface area (Å²) < 4.78 is 5.69. The molecule has 3 rings (SSSR count). The van der Waals surface area contributed by atoms with Gasteiger partial charge in [0.1, 0.15) is 6.10 Å². The van der Waals surface area contributed by atoms with Crippen LogP contribution < -0.4 is 5.32 Å². The van der Waals surface area contributed by atoms with E-state index < -0.39 is 6.10 Å². The monoisotopic (exact) mass is 337 g/mol. The first kappa shape index (κ1) is 17.7. The minimum atomic E-state index is -0.403. The number of hydrogen-bond donors (Lipinski definition) is 1. The second kappa shape index (κ2) is 8.81. The van der Waals surface area contributed by atoms with Gasteiger partial charge in [0.05, 0.1) is 13.2 Å². The first-order valence-electron chi connectivity index (χ1n) is 9.64. The summed E-state index contributed by atoms with van der Waals surface area (Å²) in [5.74, 6) is 0.195. The molecule has 0 aromatic rings. The smallest absolute Gasteiger partial charge is 0.253 e. The van der Waals surface area contributed by atoms with E-state index in [1.54, 1.807) is 0 Å². The number of morpholine rings is 1. The van der Waals surface area contributed by atoms with Crippen molar-refractivity contribution in [3.63, 3.8) is 0 Å². The van der Waals surface area contributed by atoms with Crippen LogP contribution >= 0.6 is 0 Å². The number of carbonyl (C=O) groups excluding carboxylic acids is 2. The summed E-state index contributed by atoms with van der Waals surface area (Å²) in [7, 11) is 0. The largest absolute Gasteiger partial charge is 0.366 e. The Kier molecular flexibility index (Phi) is 6.49. The number of likely N-dealkylation sites (tertiary alicyclic amines) is 1. The molecule has 0 spiro atoms. The van der Waals surface area contributed by atoms with Gasteiger partial charge in [-0.3, -0.25) is 14.5 Å². The van der Waals surface area contributed by atoms with Gasteiger partial charge in [-0.05, 0) is 32.1 Å². The van der Waals surface area contributed by atoms with Crippen LogP contribution in [0.5, 0.6) is 0 Å². The lowest BCUT2D eigenvalue weighted by Crippen LogP contribution is -2.54. The molecule has 1 saturated carbocycles. The van der Waals surface area contributed by atoms with E-state index in [2.05, 4.69) is 10.2 Å². The molecular weight excluding hydrogens is 306 g/mol. The van der Waals surface area contributed by atoms with Crippen molar-refractivity contribution in [2.24, 2.45) is 0 Å². The summed E-state index contributed by atoms with van der Waals surface area (Å²) in [6.07, 6.45) is 8.91. The van der Waals surface area contributed by atoms with Crippen molar-refractivity contribution in [3.05, 3.63) is 0 Å². The Hall–Kier alpha value is -1.14. The SMILES string of the molecule is O=C(CN1CCOC(C(=O)N2CCCCC2)C1)NC1CCCCC1. The van der Waals surface area contributed by atoms with Gasteiger partial charge in [0.2, 0.25) is 5.91 Å². The number of ether oxygens (including phenoxy) is 1. The number of hydrogen-bond acceptors (Lipinski definition) is 4. The molecule has 6 heteroatoms. The Labute approximate surface area is 144 Å². The van der Waals surface area contributed by atoms with Gasteiger partial charge in [-0.15, -0.1) is 0 Å². The lowest BCUT2D eigenvalue weighted by Gasteiger charge is -2.36. The van der Waals surface area contributed by atoms with E-state index in [1.165, 1.54) is 25.7 Å². The van der Waals surface area contributed by atoms with Crippen LogP contribution in [0.1, 0.15) is 51.4 Å². The first-order chi connectivity index (χ1) is 11.7. The van der Waals surface area contributed by atoms with E-state index in [4.69, 9.17) is 4.74 Å². The maximum atomic E-state index is 12.6. The van der Waals surface area contributed by atoms with Crippen LogP contribution in [-0.4, -0.2) is 73.1 Å². The third-order valence-electron chi connectivity index (χ3n) is 5.43. The Balaban J connectivity index is 1.44. The normalized spacial score (nSPS) is 27.0. The molecule has 3 aliphatic rings. The molecule has 6 nitrogen and oxygen atoms in total. The Morgan fingerprint density at radius 2 is 1.67 bits per heavy atom. The van der Waals surface area contributed by atoms with Gasteiger partial charge >= 0.3 is 0 Å². The zero-order valence-electron chi connectivity index (χ0n) is 14.7. The topological polar surface area (TPSA) is 61.9 Å². The van der Waals surface area contributed by atoms with Crippen LogP contribution in [-0.2, 0) is 14.3 Å². The van der Waals surface area contributed by atoms with E-state index >= 15 is 0 Å². The Morgan fingerprint density at radius 1 is 0.958 bits per heavy atom. The molecule has 3 fully saturated rings. The van der Waals surface area contributed by atoms with Crippen molar-refractivity contribution in [2.75, 3.05) is 39.3 Å². The highest BCUT2D eigenvalue weighted by molar-refractivity contribution is 5.82. The quantitative estimate of drug-likeness (QED) is 0.836. The summed E-state index contributed by atoms with van der Waals surface area (Å²) >= 11 is 0. The summed E-state index contributed by atoms with van der Waals surface area (Å²) in [5.41, 5.74) is 0. The van der Waals surface area contributed by atoms with E-state index in [0.29, 0.717) is 25.7 Å². The Morgan fingerprint density at radius 3 is 2.42 bits per heavy atom. The fraction of sp³-hybridized carbons (Fsp3) is 0.889. The maximum Gasteiger partial charge on any atom is 0.253 e. The predicted molar refractivity (Wildman–Crippen MR) is 91.6 cm³/mol. The van der Waals surface area contributed by atoms with Crippen molar-refractivity contribution in [3.8, 4) is 0 Å². The molecule has 0 bridgehead atoms. The molecule has 2 saturated heterocycles. The Bertz CT molecular complexity index is 431. The highest BCUT2D eigenvalue weighted by Gasteiger charge is 2.31. The van der Waals surface area contributed by atoms with Crippen LogP contribution in [0.4, 0.5) is 0 Å². The molecule has 2 heterocycles. The number of carbonyl (C=O) groups is 2. The van der Waals surface area contributed by atoms with Gasteiger partial charge in [0, 0.05) is 32.2 Å². The molecule has 136 valence electrons. The van der Waals surface area contributed by atoms with Crippen molar-refractivity contribution in [2.45, 2.75) is 63.5 Å². The summed E-state index contributed by atoms with van der Waals surface area (Å²) in [5, 5.41) is 3.16. The van der Waals surface area contributed by atoms with Gasteiger partial charge in [-0.25, -0.2) is 0 Å². The molecule has 2 amide bonds. The summed E-state index contributed by atoms with van der Waals surface area (Å²) in [4.78, 5) is 28.8. The molecule has 0 aromatic carbocycles. The van der Waals surface area contributed by atoms with E-state index in [1.807, 2.05) is 4.90 Å². The fourth-order valence-electron chi connectivity index (χ4n) is 4.04. The predicted octanol–water partition coefficient (Wildman–Crippen LogP) is 1.15. The van der Waals surface area contributed by atoms with Gasteiger partial charge in [-0.2, -0.15) is 0 Å². The zero-order valence-corrected chi connectivity index (χ0v) is 14.7. The third kappa shape index (κ3) is 4.93. The van der Waals surface area contributed by atoms with Crippen LogP contribution in [0, 0.1) is 0 Å². The van der Waals surface area contributed by atoms with E-state index in [-0.39, 0.29) is 11.8 Å². The second-order valence-electron chi connectivity index (χ2n) is 7.38. The van der Waals surface area contributed by atoms with Gasteiger partial charge in [-0.1, -0.05) is 19.3 Å². The molecule has 2 aliphatic heterocycles. The molecule has 0 aromatic heterocycles. The zero-order chi connectivity index (χ0) is 16.8. The standard InChI is InChI=1S/C18H31N3O3/c22-17(19-15-7-3-1-4-8-15)14-20-11-12-24-16(13-20)18(23)21-9-5-2-6-10-21/h15-16H,1-14H2,(H,19,22). The van der Waals surface area contributed by atoms with E-state index in [9.17, 15) is 9.59 Å². The highest BCUT2D eigenvalue weighted by atomic mass is 16.5. The van der Waals surface area contributed by atoms with Crippen molar-refractivity contribution in [1.29, 1.82) is 0 Å². The maximum absolute atomic E-state index is 12.6. The average molecular weight is 337 g/mol. The average Bonchev–Trinajstić information content (AvgIpc) is 2.63. The molecule has 1 unspecified atom stereocenters. The minimum absolute atomic E-state index is 0.0907. The first-order valence-corrected chi connectivity index (χ1v) is 9.64. The third-order valence-corrected chi connectivity index (χ3v) is 5.43. The van der Waals surface area contributed by atoms with E-state index in [0.717, 1.165) is 45.3 Å². The number of nitrogens with one attached hydrogen (secondary N) is 1. The summed E-state index contributed by atoms with van der Waals surface area (Å²) in [6.45, 7) is 3.86. The number of amides is 2. The van der Waals surface area contributed by atoms with Gasteiger partial charge in [0.25, 0.3) is 5.91 Å². The number of piperidine rings is 1. The van der Waals surface area contributed by atoms with Crippen molar-refractivity contribution in [1.82, 2.24) is 15.1 Å². The van der Waals surface area contributed by atoms with Gasteiger partial charge < -0.3 is 15.0 Å². The fourth-order valence-corrected chi connectivity index (χ4v) is 4.04. The molecular formula is C18H31N3O3. The highest BCUT2D eigenvalue weighted by Crippen LogP contribution is 2.17. The lowest BCUT2D eigenvalue weighted by molar-refractivity contribution is -0.151. The van der Waals surface area contributed by atoms with Gasteiger partial charge in [0.15, 0.2) is 0 Å². The van der Waals surface area contributed by atoms with Crippen LogP contribution in [0.2, 0.25) is 0 Å². The van der Waals surface area contributed by atoms with Crippen LogP contribution in [0.15, 0.2) is 0 Å². The molecule has 1 aliphatic carbocycles. The molecule has 0 radical (unpaired) electrons. The lowest BCUT2D eigenvalue weighted by atomic mass is 9.95. The second-order valence-corrected chi connectivity index (χ2v) is 7.38. The van der Waals surface area contributed by atoms with Crippen molar-refractivity contribution >= 4 is 11.8 Å².